The monoisotopic (exact) mass is 537 g/mol. The molecule has 0 saturated heterocycles. The SMILES string of the molecule is CCNC(=NCCc1c[nH]c2cc(C)ccc12)NC1CCc2nc(COC)nn2C1.I. The summed E-state index contributed by atoms with van der Waals surface area (Å²) in [5, 5.41) is 12.8. The minimum Gasteiger partial charge on any atom is -0.377 e. The Labute approximate surface area is 200 Å². The number of aromatic amines is 1. The molecule has 0 amide bonds. The number of aromatic nitrogens is 4. The van der Waals surface area contributed by atoms with Crippen molar-refractivity contribution in [3.05, 3.63) is 47.2 Å². The van der Waals surface area contributed by atoms with Gasteiger partial charge < -0.3 is 20.4 Å². The molecule has 9 heteroatoms. The van der Waals surface area contributed by atoms with Crippen LogP contribution in [0.15, 0.2) is 29.4 Å². The van der Waals surface area contributed by atoms with Crippen molar-refractivity contribution in [2.75, 3.05) is 20.2 Å². The highest BCUT2D eigenvalue weighted by molar-refractivity contribution is 14.0. The van der Waals surface area contributed by atoms with Crippen molar-refractivity contribution in [3.63, 3.8) is 0 Å². The maximum absolute atomic E-state index is 5.15. The van der Waals surface area contributed by atoms with E-state index in [2.05, 4.69) is 63.9 Å². The summed E-state index contributed by atoms with van der Waals surface area (Å²) in [4.78, 5) is 12.7. The maximum Gasteiger partial charge on any atom is 0.191 e. The summed E-state index contributed by atoms with van der Waals surface area (Å²) in [5.41, 5.74) is 3.77. The number of guanidine groups is 1. The number of rotatable bonds is 7. The number of aryl methyl sites for hydroxylation is 2. The first-order valence-corrected chi connectivity index (χ1v) is 10.7. The number of aliphatic imine (C=N–C) groups is 1. The summed E-state index contributed by atoms with van der Waals surface area (Å²) < 4.78 is 7.14. The summed E-state index contributed by atoms with van der Waals surface area (Å²) in [7, 11) is 1.67. The minimum absolute atomic E-state index is 0. The van der Waals surface area contributed by atoms with E-state index in [4.69, 9.17) is 9.73 Å². The van der Waals surface area contributed by atoms with Gasteiger partial charge >= 0.3 is 0 Å². The summed E-state index contributed by atoms with van der Waals surface area (Å²) in [6.45, 7) is 7.01. The van der Waals surface area contributed by atoms with Crippen LogP contribution >= 0.6 is 24.0 Å². The zero-order valence-corrected chi connectivity index (χ0v) is 20.8. The molecule has 0 spiro atoms. The molecule has 1 aromatic carbocycles. The highest BCUT2D eigenvalue weighted by atomic mass is 127. The molecule has 1 aliphatic rings. The number of halogens is 1. The Kier molecular flexibility index (Phi) is 8.30. The van der Waals surface area contributed by atoms with Gasteiger partial charge in [0.15, 0.2) is 11.8 Å². The average molecular weight is 537 g/mol. The number of nitrogens with one attached hydrogen (secondary N) is 3. The predicted molar refractivity (Wildman–Crippen MR) is 134 cm³/mol. The molecule has 0 bridgehead atoms. The van der Waals surface area contributed by atoms with Gasteiger partial charge in [-0.25, -0.2) is 9.67 Å². The summed E-state index contributed by atoms with van der Waals surface area (Å²) in [6, 6.07) is 6.82. The summed E-state index contributed by atoms with van der Waals surface area (Å²) >= 11 is 0. The van der Waals surface area contributed by atoms with Gasteiger partial charge in [0.05, 0.1) is 6.54 Å². The molecule has 0 fully saturated rings. The van der Waals surface area contributed by atoms with Crippen molar-refractivity contribution in [2.45, 2.75) is 52.3 Å². The van der Waals surface area contributed by atoms with Gasteiger partial charge in [0.25, 0.3) is 0 Å². The van der Waals surface area contributed by atoms with Gasteiger partial charge in [-0.15, -0.1) is 24.0 Å². The van der Waals surface area contributed by atoms with Crippen molar-refractivity contribution in [3.8, 4) is 0 Å². The van der Waals surface area contributed by atoms with E-state index < -0.39 is 0 Å². The number of methoxy groups -OCH3 is 1. The smallest absolute Gasteiger partial charge is 0.191 e. The first kappa shape index (κ1) is 23.5. The van der Waals surface area contributed by atoms with Crippen molar-refractivity contribution >= 4 is 40.8 Å². The van der Waals surface area contributed by atoms with E-state index >= 15 is 0 Å². The van der Waals surface area contributed by atoms with Crippen LogP contribution in [0.1, 0.15) is 36.1 Å². The zero-order valence-electron chi connectivity index (χ0n) is 18.4. The van der Waals surface area contributed by atoms with E-state index in [-0.39, 0.29) is 30.0 Å². The van der Waals surface area contributed by atoms with Gasteiger partial charge in [0.1, 0.15) is 12.4 Å². The van der Waals surface area contributed by atoms with E-state index in [9.17, 15) is 0 Å². The molecule has 1 aliphatic heterocycles. The Morgan fingerprint density at radius 1 is 1.39 bits per heavy atom. The zero-order chi connectivity index (χ0) is 20.9. The number of hydrogen-bond donors (Lipinski definition) is 3. The van der Waals surface area contributed by atoms with E-state index in [1.54, 1.807) is 7.11 Å². The number of ether oxygens (including phenoxy) is 1. The van der Waals surface area contributed by atoms with Crippen LogP contribution < -0.4 is 10.6 Å². The van der Waals surface area contributed by atoms with Crippen LogP contribution in [-0.4, -0.2) is 51.9 Å². The van der Waals surface area contributed by atoms with Crippen LogP contribution in [0, 0.1) is 6.92 Å². The number of nitrogens with zero attached hydrogens (tertiary/aromatic N) is 4. The quantitative estimate of drug-likeness (QED) is 0.245. The lowest BCUT2D eigenvalue weighted by atomic mass is 10.1. The third kappa shape index (κ3) is 5.76. The van der Waals surface area contributed by atoms with Crippen LogP contribution in [0.4, 0.5) is 0 Å². The van der Waals surface area contributed by atoms with Gasteiger partial charge in [0, 0.05) is 49.8 Å². The molecule has 8 nitrogen and oxygen atoms in total. The molecule has 1 atom stereocenters. The van der Waals surface area contributed by atoms with Gasteiger partial charge in [-0.05, 0) is 43.9 Å². The second kappa shape index (κ2) is 10.9. The van der Waals surface area contributed by atoms with Gasteiger partial charge in [-0.2, -0.15) is 5.10 Å². The topological polar surface area (TPSA) is 92.2 Å². The Balaban J connectivity index is 0.00000272. The van der Waals surface area contributed by atoms with Gasteiger partial charge in [-0.3, -0.25) is 4.99 Å². The molecule has 1 unspecified atom stereocenters. The number of fused-ring (bicyclic) bond motifs is 2. The molecular formula is C22H32IN7O. The standard InChI is InChI=1S/C22H31N7O.HI/c1-4-23-22(24-10-9-16-12-25-19-11-15(2)5-7-18(16)19)26-17-6-8-21-27-20(14-30-3)28-29(21)13-17;/h5,7,11-12,17,25H,4,6,8-10,13-14H2,1-3H3,(H2,23,24,26);1H. The van der Waals surface area contributed by atoms with Crippen molar-refractivity contribution in [1.82, 2.24) is 30.4 Å². The average Bonchev–Trinajstić information content (AvgIpc) is 3.31. The number of hydrogen-bond acceptors (Lipinski definition) is 4. The maximum atomic E-state index is 5.15. The molecule has 3 N–H and O–H groups in total. The molecule has 0 aliphatic carbocycles. The van der Waals surface area contributed by atoms with Crippen molar-refractivity contribution < 1.29 is 4.74 Å². The normalized spacial score (nSPS) is 16.1. The third-order valence-electron chi connectivity index (χ3n) is 5.43. The van der Waals surface area contributed by atoms with E-state index in [1.165, 1.54) is 22.0 Å². The minimum atomic E-state index is 0. The molecule has 0 saturated carbocycles. The van der Waals surface area contributed by atoms with Gasteiger partial charge in [0.2, 0.25) is 0 Å². The van der Waals surface area contributed by atoms with Crippen LogP contribution in [-0.2, 0) is 30.7 Å². The lowest BCUT2D eigenvalue weighted by Gasteiger charge is -2.25. The van der Waals surface area contributed by atoms with Crippen molar-refractivity contribution in [2.24, 2.45) is 4.99 Å². The lowest BCUT2D eigenvalue weighted by Crippen LogP contribution is -2.47. The number of H-pyrrole nitrogens is 1. The molecule has 168 valence electrons. The fraction of sp³-hybridized carbons (Fsp3) is 0.500. The highest BCUT2D eigenvalue weighted by Crippen LogP contribution is 2.20. The van der Waals surface area contributed by atoms with Crippen LogP contribution in [0.5, 0.6) is 0 Å². The first-order chi connectivity index (χ1) is 14.7. The fourth-order valence-electron chi connectivity index (χ4n) is 3.98. The summed E-state index contributed by atoms with van der Waals surface area (Å²) in [6.07, 6.45) is 4.92. The fourth-order valence-corrected chi connectivity index (χ4v) is 3.98. The molecule has 0 radical (unpaired) electrons. The third-order valence-corrected chi connectivity index (χ3v) is 5.43. The summed E-state index contributed by atoms with van der Waals surface area (Å²) in [5.74, 6) is 2.65. The van der Waals surface area contributed by atoms with Gasteiger partial charge in [-0.1, -0.05) is 12.1 Å². The van der Waals surface area contributed by atoms with Crippen LogP contribution in [0.2, 0.25) is 0 Å². The largest absolute Gasteiger partial charge is 0.377 e. The molecule has 3 aromatic rings. The second-order valence-electron chi connectivity index (χ2n) is 7.81. The Bertz CT molecular complexity index is 1030. The predicted octanol–water partition coefficient (Wildman–Crippen LogP) is 2.94. The lowest BCUT2D eigenvalue weighted by molar-refractivity contribution is 0.177. The molecule has 3 heterocycles. The van der Waals surface area contributed by atoms with E-state index in [0.29, 0.717) is 6.61 Å². The van der Waals surface area contributed by atoms with Crippen LogP contribution in [0.3, 0.4) is 0 Å². The Morgan fingerprint density at radius 3 is 3.06 bits per heavy atom. The van der Waals surface area contributed by atoms with E-state index in [0.717, 1.165) is 56.5 Å². The molecule has 31 heavy (non-hydrogen) atoms. The van der Waals surface area contributed by atoms with E-state index in [1.807, 2.05) is 4.68 Å². The molecular weight excluding hydrogens is 505 g/mol. The molecule has 4 rings (SSSR count). The van der Waals surface area contributed by atoms with Crippen LogP contribution in [0.25, 0.3) is 10.9 Å². The number of benzene rings is 1. The molecule has 2 aromatic heterocycles. The van der Waals surface area contributed by atoms with Crippen molar-refractivity contribution in [1.29, 1.82) is 0 Å². The highest BCUT2D eigenvalue weighted by Gasteiger charge is 2.22. The first-order valence-electron chi connectivity index (χ1n) is 10.7. The Morgan fingerprint density at radius 2 is 2.26 bits per heavy atom. The second-order valence-corrected chi connectivity index (χ2v) is 7.81. The Hall–Kier alpha value is -2.14.